The Morgan fingerprint density at radius 2 is 2.75 bits per heavy atom. The van der Waals surface area contributed by atoms with E-state index < -0.39 is 6.03 Å². The highest BCUT2D eigenvalue weighted by Crippen LogP contribution is 1.83. The second kappa shape index (κ2) is 1.73. The van der Waals surface area contributed by atoms with Crippen LogP contribution in [0.5, 0.6) is 0 Å². The number of carbonyl (C=O) groups excluding carboxylic acids is 1. The van der Waals surface area contributed by atoms with Crippen molar-refractivity contribution in [3.8, 4) is 0 Å². The molecular weight excluding hydrogens is 108 g/mol. The molecule has 0 aromatic heterocycles. The second-order valence-electron chi connectivity index (χ2n) is 1.33. The number of hydrogen-bond acceptors (Lipinski definition) is 2. The average molecular weight is 113 g/mol. The van der Waals surface area contributed by atoms with Gasteiger partial charge in [-0.25, -0.2) is 15.6 Å². The van der Waals surface area contributed by atoms with E-state index in [1.165, 1.54) is 6.21 Å². The molecule has 5 heteroatoms. The van der Waals surface area contributed by atoms with E-state index in [9.17, 15) is 4.79 Å². The van der Waals surface area contributed by atoms with Gasteiger partial charge in [0.1, 0.15) is 6.54 Å². The third-order valence-electron chi connectivity index (χ3n) is 0.749. The van der Waals surface area contributed by atoms with Gasteiger partial charge in [-0.2, -0.15) is 0 Å². The monoisotopic (exact) mass is 113 g/mol. The maximum atomic E-state index is 10.3. The first-order valence-electron chi connectivity index (χ1n) is 2.09. The maximum Gasteiger partial charge on any atom is 0.436 e. The molecule has 0 aromatic rings. The van der Waals surface area contributed by atoms with Crippen LogP contribution in [0.4, 0.5) is 4.79 Å². The van der Waals surface area contributed by atoms with E-state index in [0.717, 1.165) is 5.01 Å². The number of hydrazine groups is 1. The van der Waals surface area contributed by atoms with Crippen LogP contribution in [0.2, 0.25) is 0 Å². The number of amides is 2. The molecule has 0 saturated carbocycles. The van der Waals surface area contributed by atoms with Gasteiger partial charge in [0.2, 0.25) is 0 Å². The third kappa shape index (κ3) is 0.726. The summed E-state index contributed by atoms with van der Waals surface area (Å²) in [6, 6.07) is -0.493. The molecule has 0 atom stereocenters. The lowest BCUT2D eigenvalue weighted by Gasteiger charge is -2.03. The Morgan fingerprint density at radius 3 is 3.12 bits per heavy atom. The number of nitrogens with zero attached hydrogens (tertiary/aromatic N) is 3. The number of rotatable bonds is 0. The molecule has 0 fully saturated rings. The number of urea groups is 1. The zero-order valence-corrected chi connectivity index (χ0v) is 4.11. The van der Waals surface area contributed by atoms with Crippen molar-refractivity contribution in [2.75, 3.05) is 6.54 Å². The molecule has 0 unspecified atom stereocenters. The molecule has 2 amide bonds. The van der Waals surface area contributed by atoms with E-state index in [1.54, 1.807) is 0 Å². The highest BCUT2D eigenvalue weighted by atomic mass is 16.2. The van der Waals surface area contributed by atoms with Gasteiger partial charge in [0.05, 0.1) is 4.79 Å². The molecule has 0 aromatic carbocycles. The standard InChI is InChI=1S/C3H4N4O/c4-7-2-1-5-6-3(7)8/h1,4H,2H2/p+1. The predicted octanol–water partition coefficient (Wildman–Crippen LogP) is -0.973. The summed E-state index contributed by atoms with van der Waals surface area (Å²) in [5, 5.41) is 4.12. The minimum atomic E-state index is -0.493. The van der Waals surface area contributed by atoms with Crippen LogP contribution in [0.1, 0.15) is 0 Å². The van der Waals surface area contributed by atoms with Crippen LogP contribution in [0.15, 0.2) is 5.11 Å². The normalized spacial score (nSPS) is 17.6. The summed E-state index contributed by atoms with van der Waals surface area (Å²) in [5.41, 5.74) is 0. The number of hydrogen-bond donors (Lipinski definition) is 1. The van der Waals surface area contributed by atoms with Crippen molar-refractivity contribution in [2.45, 2.75) is 0 Å². The first kappa shape index (κ1) is 4.96. The molecule has 5 nitrogen and oxygen atoms in total. The van der Waals surface area contributed by atoms with Gasteiger partial charge in [0.15, 0.2) is 5.11 Å². The van der Waals surface area contributed by atoms with E-state index in [1.807, 2.05) is 0 Å². The van der Waals surface area contributed by atoms with E-state index in [0.29, 0.717) is 6.54 Å². The zero-order chi connectivity index (χ0) is 5.98. The van der Waals surface area contributed by atoms with Crippen LogP contribution < -0.4 is 5.84 Å². The van der Waals surface area contributed by atoms with E-state index >= 15 is 0 Å². The van der Waals surface area contributed by atoms with Gasteiger partial charge in [-0.15, -0.1) is 0 Å². The van der Waals surface area contributed by atoms with Crippen molar-refractivity contribution >= 4 is 12.2 Å². The Balaban J connectivity index is 2.77. The van der Waals surface area contributed by atoms with Gasteiger partial charge in [-0.3, -0.25) is 0 Å². The fourth-order valence-corrected chi connectivity index (χ4v) is 0.350. The van der Waals surface area contributed by atoms with Crippen molar-refractivity contribution in [1.82, 2.24) is 5.01 Å². The number of carbonyl (C=O) groups is 1. The molecule has 2 N–H and O–H groups in total. The van der Waals surface area contributed by atoms with Crippen molar-refractivity contribution < 1.29 is 9.58 Å². The minimum Gasteiger partial charge on any atom is -0.244 e. The van der Waals surface area contributed by atoms with Gasteiger partial charge in [-0.1, -0.05) is 0 Å². The van der Waals surface area contributed by atoms with Gasteiger partial charge in [0, 0.05) is 0 Å². The van der Waals surface area contributed by atoms with Crippen LogP contribution in [-0.4, -0.2) is 28.6 Å². The van der Waals surface area contributed by atoms with Crippen LogP contribution in [0.25, 0.3) is 0 Å². The SMILES string of the molecule is NN1CC=[N+]=NC1=O. The van der Waals surface area contributed by atoms with Crippen LogP contribution in [0.3, 0.4) is 0 Å². The quantitative estimate of drug-likeness (QED) is 0.249. The lowest BCUT2D eigenvalue weighted by atomic mass is 10.6. The van der Waals surface area contributed by atoms with Gasteiger partial charge in [-0.05, 0) is 0 Å². The molecule has 0 saturated heterocycles. The van der Waals surface area contributed by atoms with Crippen molar-refractivity contribution in [3.05, 3.63) is 0 Å². The van der Waals surface area contributed by atoms with E-state index in [4.69, 9.17) is 5.84 Å². The minimum absolute atomic E-state index is 0.350. The van der Waals surface area contributed by atoms with Crippen LogP contribution in [-0.2, 0) is 0 Å². The number of nitrogens with two attached hydrogens (primary N) is 1. The molecule has 0 aliphatic carbocycles. The fourth-order valence-electron chi connectivity index (χ4n) is 0.350. The summed E-state index contributed by atoms with van der Waals surface area (Å²) >= 11 is 0. The molecule has 0 spiro atoms. The first-order chi connectivity index (χ1) is 3.80. The molecule has 0 bridgehead atoms. The molecular formula is C3H5N4O+. The largest absolute Gasteiger partial charge is 0.436 e. The molecule has 8 heavy (non-hydrogen) atoms. The third-order valence-corrected chi connectivity index (χ3v) is 0.749. The second-order valence-corrected chi connectivity index (χ2v) is 1.33. The Hall–Kier alpha value is -1.19. The highest BCUT2D eigenvalue weighted by Gasteiger charge is 2.16. The Morgan fingerprint density at radius 1 is 2.00 bits per heavy atom. The van der Waals surface area contributed by atoms with Crippen LogP contribution in [0, 0.1) is 0 Å². The molecule has 1 heterocycles. The predicted molar refractivity (Wildman–Crippen MR) is 25.0 cm³/mol. The molecule has 1 aliphatic rings. The Labute approximate surface area is 45.5 Å². The topological polar surface area (TPSA) is 72.8 Å². The van der Waals surface area contributed by atoms with Crippen LogP contribution >= 0.6 is 0 Å². The lowest BCUT2D eigenvalue weighted by Crippen LogP contribution is -2.38. The van der Waals surface area contributed by atoms with Crippen molar-refractivity contribution in [2.24, 2.45) is 11.0 Å². The van der Waals surface area contributed by atoms with Gasteiger partial charge < -0.3 is 0 Å². The molecule has 1 rings (SSSR count). The molecule has 42 valence electrons. The summed E-state index contributed by atoms with van der Waals surface area (Å²) in [6.07, 6.45) is 1.46. The van der Waals surface area contributed by atoms with Crippen molar-refractivity contribution in [3.63, 3.8) is 0 Å². The Kier molecular flexibility index (Phi) is 1.07. The van der Waals surface area contributed by atoms with Gasteiger partial charge in [0.25, 0.3) is 0 Å². The fraction of sp³-hybridized carbons (Fsp3) is 0.333. The lowest BCUT2D eigenvalue weighted by molar-refractivity contribution is -0.0855. The summed E-state index contributed by atoms with van der Waals surface area (Å²) < 4.78 is 0. The summed E-state index contributed by atoms with van der Waals surface area (Å²) in [4.78, 5) is 13.7. The zero-order valence-electron chi connectivity index (χ0n) is 4.11. The molecule has 1 aliphatic heterocycles. The smallest absolute Gasteiger partial charge is 0.244 e. The van der Waals surface area contributed by atoms with Gasteiger partial charge >= 0.3 is 12.2 Å². The summed E-state index contributed by atoms with van der Waals surface area (Å²) in [5.74, 6) is 5.08. The summed E-state index contributed by atoms with van der Waals surface area (Å²) in [6.45, 7) is 0.350. The Bertz CT molecular complexity index is 168. The average Bonchev–Trinajstić information content (AvgIpc) is 1.77. The highest BCUT2D eigenvalue weighted by molar-refractivity contribution is 5.77. The van der Waals surface area contributed by atoms with E-state index in [2.05, 4.69) is 9.90 Å². The maximum absolute atomic E-state index is 10.3. The van der Waals surface area contributed by atoms with E-state index in [-0.39, 0.29) is 0 Å². The van der Waals surface area contributed by atoms with Crippen molar-refractivity contribution in [1.29, 1.82) is 0 Å². The molecule has 0 radical (unpaired) electrons. The first-order valence-corrected chi connectivity index (χ1v) is 2.09. The summed E-state index contributed by atoms with van der Waals surface area (Å²) in [7, 11) is 0.